The van der Waals surface area contributed by atoms with Crippen LogP contribution in [0.4, 0.5) is 10.5 Å². The number of hydrogen-bond donors (Lipinski definition) is 3. The number of ether oxygens (including phenoxy) is 1. The molecule has 6 nitrogen and oxygen atoms in total. The molecule has 0 aliphatic heterocycles. The van der Waals surface area contributed by atoms with Gasteiger partial charge in [-0.15, -0.1) is 0 Å². The summed E-state index contributed by atoms with van der Waals surface area (Å²) in [5.74, 6) is 1.07. The molecule has 0 radical (unpaired) electrons. The minimum Gasteiger partial charge on any atom is -0.439 e. The fourth-order valence-corrected chi connectivity index (χ4v) is 2.79. The van der Waals surface area contributed by atoms with Crippen LogP contribution in [-0.4, -0.2) is 22.7 Å². The first-order valence-corrected chi connectivity index (χ1v) is 9.06. The number of hydrogen-bond acceptors (Lipinski definition) is 4. The van der Waals surface area contributed by atoms with Crippen LogP contribution in [-0.2, 0) is 0 Å². The Morgan fingerprint density at radius 2 is 1.93 bits per heavy atom. The second kappa shape index (κ2) is 9.16. The summed E-state index contributed by atoms with van der Waals surface area (Å²) in [6, 6.07) is 19.1. The molecular weight excluding hydrogens is 410 g/mol. The number of benzene rings is 2. The molecule has 1 atom stereocenters. The van der Waals surface area contributed by atoms with Crippen LogP contribution in [0.25, 0.3) is 0 Å². The zero-order chi connectivity index (χ0) is 19.1. The summed E-state index contributed by atoms with van der Waals surface area (Å²) in [5, 5.41) is 14.9. The lowest BCUT2D eigenvalue weighted by Crippen LogP contribution is -2.34. The fourth-order valence-electron chi connectivity index (χ4n) is 2.41. The molecule has 0 fully saturated rings. The van der Waals surface area contributed by atoms with Gasteiger partial charge in [-0.2, -0.15) is 0 Å². The predicted molar refractivity (Wildman–Crippen MR) is 107 cm³/mol. The number of urea groups is 1. The third-order valence-corrected chi connectivity index (χ3v) is 4.20. The van der Waals surface area contributed by atoms with Gasteiger partial charge in [0.05, 0.1) is 24.5 Å². The van der Waals surface area contributed by atoms with Crippen LogP contribution in [0, 0.1) is 0 Å². The Bertz CT molecular complexity index is 888. The van der Waals surface area contributed by atoms with E-state index in [1.807, 2.05) is 54.6 Å². The van der Waals surface area contributed by atoms with E-state index in [-0.39, 0.29) is 6.61 Å². The lowest BCUT2D eigenvalue weighted by Gasteiger charge is -2.17. The summed E-state index contributed by atoms with van der Waals surface area (Å²) in [4.78, 5) is 16.4. The van der Waals surface area contributed by atoms with E-state index < -0.39 is 12.1 Å². The Morgan fingerprint density at radius 3 is 2.59 bits per heavy atom. The number of rotatable bonds is 6. The van der Waals surface area contributed by atoms with Crippen molar-refractivity contribution in [1.29, 1.82) is 0 Å². The van der Waals surface area contributed by atoms with Gasteiger partial charge in [-0.3, -0.25) is 0 Å². The number of halogens is 1. The van der Waals surface area contributed by atoms with Crippen LogP contribution in [0.2, 0.25) is 0 Å². The quantitative estimate of drug-likeness (QED) is 0.540. The SMILES string of the molecule is O=C(Nc1ccc(Oc2cccc(Br)c2)nc1)N[C@H](CO)c1ccccc1. The fraction of sp³-hybridized carbons (Fsp3) is 0.100. The molecule has 0 saturated heterocycles. The van der Waals surface area contributed by atoms with E-state index >= 15 is 0 Å². The van der Waals surface area contributed by atoms with Crippen molar-refractivity contribution in [3.05, 3.63) is 83.0 Å². The minimum atomic E-state index is -0.488. The molecule has 1 heterocycles. The van der Waals surface area contributed by atoms with Gasteiger partial charge in [-0.05, 0) is 29.8 Å². The zero-order valence-electron chi connectivity index (χ0n) is 14.3. The van der Waals surface area contributed by atoms with Crippen LogP contribution in [0.1, 0.15) is 11.6 Å². The molecule has 0 bridgehead atoms. The summed E-state index contributed by atoms with van der Waals surface area (Å²) in [5.41, 5.74) is 1.34. The Kier molecular flexibility index (Phi) is 6.40. The maximum absolute atomic E-state index is 12.2. The van der Waals surface area contributed by atoms with E-state index in [0.717, 1.165) is 10.0 Å². The van der Waals surface area contributed by atoms with E-state index in [1.54, 1.807) is 12.1 Å². The molecule has 3 aromatic rings. The highest BCUT2D eigenvalue weighted by Gasteiger charge is 2.13. The van der Waals surface area contributed by atoms with Crippen molar-refractivity contribution in [1.82, 2.24) is 10.3 Å². The second-order valence-corrected chi connectivity index (χ2v) is 6.60. The van der Waals surface area contributed by atoms with Gasteiger partial charge in [0.25, 0.3) is 0 Å². The molecule has 1 aromatic heterocycles. The summed E-state index contributed by atoms with van der Waals surface area (Å²) in [7, 11) is 0. The van der Waals surface area contributed by atoms with Crippen LogP contribution in [0.3, 0.4) is 0 Å². The normalized spacial score (nSPS) is 11.5. The lowest BCUT2D eigenvalue weighted by atomic mass is 10.1. The van der Waals surface area contributed by atoms with Crippen molar-refractivity contribution in [2.24, 2.45) is 0 Å². The van der Waals surface area contributed by atoms with E-state index in [1.165, 1.54) is 6.20 Å². The summed E-state index contributed by atoms with van der Waals surface area (Å²) in [6.45, 7) is -0.199. The molecule has 0 saturated carbocycles. The minimum absolute atomic E-state index is 0.199. The number of aliphatic hydroxyl groups is 1. The highest BCUT2D eigenvalue weighted by atomic mass is 79.9. The number of nitrogens with one attached hydrogen (secondary N) is 2. The number of aromatic nitrogens is 1. The van der Waals surface area contributed by atoms with Crippen LogP contribution >= 0.6 is 15.9 Å². The average Bonchev–Trinajstić information content (AvgIpc) is 2.68. The van der Waals surface area contributed by atoms with Crippen molar-refractivity contribution in [3.8, 4) is 11.6 Å². The highest BCUT2D eigenvalue weighted by Crippen LogP contribution is 2.23. The van der Waals surface area contributed by atoms with Gasteiger partial charge in [-0.1, -0.05) is 52.3 Å². The summed E-state index contributed by atoms with van der Waals surface area (Å²) in [6.07, 6.45) is 1.50. The third-order valence-electron chi connectivity index (χ3n) is 3.70. The lowest BCUT2D eigenvalue weighted by molar-refractivity contribution is 0.225. The Labute approximate surface area is 165 Å². The van der Waals surface area contributed by atoms with Crippen LogP contribution in [0.5, 0.6) is 11.6 Å². The van der Waals surface area contributed by atoms with E-state index in [4.69, 9.17) is 4.74 Å². The second-order valence-electron chi connectivity index (χ2n) is 5.69. The average molecular weight is 428 g/mol. The van der Waals surface area contributed by atoms with Crippen molar-refractivity contribution >= 4 is 27.6 Å². The summed E-state index contributed by atoms with van der Waals surface area (Å²) < 4.78 is 6.57. The van der Waals surface area contributed by atoms with Gasteiger partial charge in [0.2, 0.25) is 5.88 Å². The zero-order valence-corrected chi connectivity index (χ0v) is 15.9. The maximum atomic E-state index is 12.2. The molecule has 3 rings (SSSR count). The smallest absolute Gasteiger partial charge is 0.319 e. The molecule has 0 aliphatic carbocycles. The molecule has 0 spiro atoms. The Hall–Kier alpha value is -2.90. The largest absolute Gasteiger partial charge is 0.439 e. The van der Waals surface area contributed by atoms with Gasteiger partial charge in [-0.25, -0.2) is 9.78 Å². The summed E-state index contributed by atoms with van der Waals surface area (Å²) >= 11 is 3.38. The third kappa shape index (κ3) is 5.54. The number of pyridine rings is 1. The number of carbonyl (C=O) groups excluding carboxylic acids is 1. The Balaban J connectivity index is 1.58. The van der Waals surface area contributed by atoms with Gasteiger partial charge < -0.3 is 20.5 Å². The first kappa shape index (κ1) is 18.9. The first-order valence-electron chi connectivity index (χ1n) is 8.27. The molecule has 138 valence electrons. The molecular formula is C20H18BrN3O3. The van der Waals surface area contributed by atoms with E-state index in [2.05, 4.69) is 31.5 Å². The maximum Gasteiger partial charge on any atom is 0.319 e. The topological polar surface area (TPSA) is 83.5 Å². The monoisotopic (exact) mass is 427 g/mol. The number of anilines is 1. The van der Waals surface area contributed by atoms with Crippen LogP contribution in [0.15, 0.2) is 77.4 Å². The van der Waals surface area contributed by atoms with E-state index in [9.17, 15) is 9.90 Å². The predicted octanol–water partition coefficient (Wildman–Crippen LogP) is 4.49. The van der Waals surface area contributed by atoms with Crippen molar-refractivity contribution < 1.29 is 14.6 Å². The van der Waals surface area contributed by atoms with Crippen molar-refractivity contribution in [2.75, 3.05) is 11.9 Å². The molecule has 0 unspecified atom stereocenters. The van der Waals surface area contributed by atoms with Crippen molar-refractivity contribution in [2.45, 2.75) is 6.04 Å². The number of aliphatic hydroxyl groups excluding tert-OH is 1. The standard InChI is InChI=1S/C20H18BrN3O3/c21-15-7-4-8-17(11-15)27-19-10-9-16(12-22-19)23-20(26)24-18(13-25)14-5-2-1-3-6-14/h1-12,18,25H,13H2,(H2,23,24,26)/t18-/m1/s1. The van der Waals surface area contributed by atoms with Gasteiger partial charge in [0, 0.05) is 10.5 Å². The van der Waals surface area contributed by atoms with Gasteiger partial charge in [0.15, 0.2) is 0 Å². The number of nitrogens with zero attached hydrogens (tertiary/aromatic N) is 1. The Morgan fingerprint density at radius 1 is 1.11 bits per heavy atom. The molecule has 27 heavy (non-hydrogen) atoms. The molecule has 2 amide bonds. The van der Waals surface area contributed by atoms with Gasteiger partial charge >= 0.3 is 6.03 Å². The molecule has 7 heteroatoms. The van der Waals surface area contributed by atoms with Gasteiger partial charge in [0.1, 0.15) is 5.75 Å². The van der Waals surface area contributed by atoms with E-state index in [0.29, 0.717) is 17.3 Å². The highest BCUT2D eigenvalue weighted by molar-refractivity contribution is 9.10. The first-order chi connectivity index (χ1) is 13.1. The molecule has 3 N–H and O–H groups in total. The van der Waals surface area contributed by atoms with Crippen LogP contribution < -0.4 is 15.4 Å². The number of amides is 2. The molecule has 2 aromatic carbocycles. The number of carbonyl (C=O) groups is 1. The molecule has 0 aliphatic rings. The van der Waals surface area contributed by atoms with Crippen molar-refractivity contribution in [3.63, 3.8) is 0 Å².